The Morgan fingerprint density at radius 3 is 2.27 bits per heavy atom. The third-order valence-corrected chi connectivity index (χ3v) is 3.11. The van der Waals surface area contributed by atoms with Gasteiger partial charge in [0.2, 0.25) is 0 Å². The van der Waals surface area contributed by atoms with Crippen molar-refractivity contribution in [2.45, 2.75) is 45.6 Å². The topological polar surface area (TPSA) is 37.3 Å². The summed E-state index contributed by atoms with van der Waals surface area (Å²) in [4.78, 5) is 11.4. The SMILES string of the molecule is CC1(O)CCCC(=O)C1(C)C. The zero-order chi connectivity index (χ0) is 8.70. The minimum Gasteiger partial charge on any atom is -0.389 e. The maximum absolute atomic E-state index is 11.4. The molecule has 1 aliphatic carbocycles. The molecule has 1 fully saturated rings. The summed E-state index contributed by atoms with van der Waals surface area (Å²) in [5.41, 5.74) is -1.35. The summed E-state index contributed by atoms with van der Waals surface area (Å²) in [6.45, 7) is 5.41. The van der Waals surface area contributed by atoms with Crippen LogP contribution in [0.1, 0.15) is 40.0 Å². The highest BCUT2D eigenvalue weighted by Gasteiger charge is 2.46. The number of aliphatic hydroxyl groups is 1. The summed E-state index contributed by atoms with van der Waals surface area (Å²) >= 11 is 0. The molecule has 1 atom stereocenters. The molecule has 1 saturated carbocycles. The fraction of sp³-hybridized carbons (Fsp3) is 0.889. The maximum atomic E-state index is 11.4. The van der Waals surface area contributed by atoms with Gasteiger partial charge in [-0.05, 0) is 19.8 Å². The molecule has 0 aromatic heterocycles. The maximum Gasteiger partial charge on any atom is 0.141 e. The van der Waals surface area contributed by atoms with Crippen molar-refractivity contribution in [3.8, 4) is 0 Å². The van der Waals surface area contributed by atoms with E-state index in [0.717, 1.165) is 12.8 Å². The summed E-state index contributed by atoms with van der Waals surface area (Å²) < 4.78 is 0. The van der Waals surface area contributed by atoms with Crippen LogP contribution in [-0.2, 0) is 4.79 Å². The van der Waals surface area contributed by atoms with Crippen LogP contribution in [0.5, 0.6) is 0 Å². The number of carbonyl (C=O) groups excluding carboxylic acids is 1. The Hall–Kier alpha value is -0.370. The van der Waals surface area contributed by atoms with Gasteiger partial charge in [0.15, 0.2) is 0 Å². The van der Waals surface area contributed by atoms with Crippen molar-refractivity contribution in [2.24, 2.45) is 5.41 Å². The van der Waals surface area contributed by atoms with Crippen LogP contribution in [0.3, 0.4) is 0 Å². The van der Waals surface area contributed by atoms with Crippen LogP contribution in [0.4, 0.5) is 0 Å². The third kappa shape index (κ3) is 1.20. The molecule has 0 spiro atoms. The second-order valence-electron chi connectivity index (χ2n) is 4.18. The molecular weight excluding hydrogens is 140 g/mol. The molecule has 64 valence electrons. The van der Waals surface area contributed by atoms with Gasteiger partial charge in [0, 0.05) is 6.42 Å². The molecule has 0 amide bonds. The first kappa shape index (κ1) is 8.72. The zero-order valence-corrected chi connectivity index (χ0v) is 7.48. The standard InChI is InChI=1S/C9H16O2/c1-8(2)7(10)5-4-6-9(8,3)11/h11H,4-6H2,1-3H3. The molecule has 2 heteroatoms. The van der Waals surface area contributed by atoms with E-state index in [-0.39, 0.29) is 5.78 Å². The van der Waals surface area contributed by atoms with E-state index < -0.39 is 11.0 Å². The highest BCUT2D eigenvalue weighted by atomic mass is 16.3. The predicted molar refractivity (Wildman–Crippen MR) is 43.3 cm³/mol. The quantitative estimate of drug-likeness (QED) is 0.577. The number of hydrogen-bond acceptors (Lipinski definition) is 2. The lowest BCUT2D eigenvalue weighted by molar-refractivity contribution is -0.149. The van der Waals surface area contributed by atoms with E-state index in [9.17, 15) is 9.90 Å². The summed E-state index contributed by atoms with van der Waals surface area (Å²) in [6.07, 6.45) is 2.20. The number of rotatable bonds is 0. The Balaban J connectivity index is 2.91. The van der Waals surface area contributed by atoms with Gasteiger partial charge >= 0.3 is 0 Å². The first-order chi connectivity index (χ1) is 4.88. The molecule has 0 aromatic carbocycles. The minimum absolute atomic E-state index is 0.189. The van der Waals surface area contributed by atoms with Crippen LogP contribution in [0.25, 0.3) is 0 Å². The Kier molecular flexibility index (Phi) is 1.83. The van der Waals surface area contributed by atoms with Gasteiger partial charge < -0.3 is 5.11 Å². The van der Waals surface area contributed by atoms with Gasteiger partial charge in [0.1, 0.15) is 5.78 Å². The average Bonchev–Trinajstić information content (AvgIpc) is 1.84. The van der Waals surface area contributed by atoms with Crippen molar-refractivity contribution >= 4 is 5.78 Å². The molecule has 0 saturated heterocycles. The van der Waals surface area contributed by atoms with E-state index in [1.165, 1.54) is 0 Å². The van der Waals surface area contributed by atoms with Crippen molar-refractivity contribution in [1.29, 1.82) is 0 Å². The van der Waals surface area contributed by atoms with Crippen LogP contribution in [0.15, 0.2) is 0 Å². The lowest BCUT2D eigenvalue weighted by atomic mass is 9.65. The molecule has 2 nitrogen and oxygen atoms in total. The Labute approximate surface area is 67.6 Å². The molecule has 0 aliphatic heterocycles. The molecule has 0 bridgehead atoms. The highest BCUT2D eigenvalue weighted by Crippen LogP contribution is 2.40. The van der Waals surface area contributed by atoms with E-state index >= 15 is 0 Å². The van der Waals surface area contributed by atoms with Crippen LogP contribution in [-0.4, -0.2) is 16.5 Å². The molecule has 1 aliphatic rings. The monoisotopic (exact) mass is 156 g/mol. The Morgan fingerprint density at radius 1 is 1.36 bits per heavy atom. The smallest absolute Gasteiger partial charge is 0.141 e. The number of hydrogen-bond donors (Lipinski definition) is 1. The zero-order valence-electron chi connectivity index (χ0n) is 7.48. The number of Topliss-reactive ketones (excluding diaryl/α,β-unsaturated/α-hetero) is 1. The van der Waals surface area contributed by atoms with Crippen molar-refractivity contribution < 1.29 is 9.90 Å². The van der Waals surface area contributed by atoms with Crippen LogP contribution < -0.4 is 0 Å². The second-order valence-corrected chi connectivity index (χ2v) is 4.18. The highest BCUT2D eigenvalue weighted by molar-refractivity contribution is 5.86. The van der Waals surface area contributed by atoms with Gasteiger partial charge in [-0.25, -0.2) is 0 Å². The van der Waals surface area contributed by atoms with E-state index in [1.54, 1.807) is 6.92 Å². The van der Waals surface area contributed by atoms with E-state index in [0.29, 0.717) is 6.42 Å². The molecule has 1 N–H and O–H groups in total. The van der Waals surface area contributed by atoms with Crippen LogP contribution in [0.2, 0.25) is 0 Å². The number of carbonyl (C=O) groups is 1. The van der Waals surface area contributed by atoms with Crippen molar-refractivity contribution in [2.75, 3.05) is 0 Å². The fourth-order valence-electron chi connectivity index (χ4n) is 1.52. The lowest BCUT2D eigenvalue weighted by Crippen LogP contribution is -2.50. The van der Waals surface area contributed by atoms with Gasteiger partial charge in [-0.15, -0.1) is 0 Å². The fourth-order valence-corrected chi connectivity index (χ4v) is 1.52. The van der Waals surface area contributed by atoms with E-state index in [2.05, 4.69) is 0 Å². The van der Waals surface area contributed by atoms with Crippen molar-refractivity contribution in [3.05, 3.63) is 0 Å². The van der Waals surface area contributed by atoms with Crippen molar-refractivity contribution in [3.63, 3.8) is 0 Å². The van der Waals surface area contributed by atoms with Crippen LogP contribution in [0, 0.1) is 5.41 Å². The van der Waals surface area contributed by atoms with Gasteiger partial charge in [0.25, 0.3) is 0 Å². The minimum atomic E-state index is -0.803. The van der Waals surface area contributed by atoms with Crippen molar-refractivity contribution in [1.82, 2.24) is 0 Å². The summed E-state index contributed by atoms with van der Waals surface area (Å²) in [6, 6.07) is 0. The first-order valence-corrected chi connectivity index (χ1v) is 4.13. The largest absolute Gasteiger partial charge is 0.389 e. The molecule has 0 heterocycles. The summed E-state index contributed by atoms with van der Waals surface area (Å²) in [7, 11) is 0. The summed E-state index contributed by atoms with van der Waals surface area (Å²) in [5.74, 6) is 0.189. The van der Waals surface area contributed by atoms with Gasteiger partial charge in [-0.1, -0.05) is 13.8 Å². The molecule has 0 aromatic rings. The molecule has 1 unspecified atom stereocenters. The van der Waals surface area contributed by atoms with Gasteiger partial charge in [-0.3, -0.25) is 4.79 Å². The van der Waals surface area contributed by atoms with Crippen LogP contribution >= 0.6 is 0 Å². The number of ketones is 1. The molecule has 1 rings (SSSR count). The van der Waals surface area contributed by atoms with E-state index in [1.807, 2.05) is 13.8 Å². The molecule has 0 radical (unpaired) electrons. The lowest BCUT2D eigenvalue weighted by Gasteiger charge is -2.42. The first-order valence-electron chi connectivity index (χ1n) is 4.13. The third-order valence-electron chi connectivity index (χ3n) is 3.11. The van der Waals surface area contributed by atoms with Gasteiger partial charge in [-0.2, -0.15) is 0 Å². The second kappa shape index (κ2) is 2.31. The van der Waals surface area contributed by atoms with Gasteiger partial charge in [0.05, 0.1) is 11.0 Å². The molecular formula is C9H16O2. The summed E-state index contributed by atoms with van der Waals surface area (Å²) in [5, 5.41) is 9.85. The Bertz CT molecular complexity index is 180. The average molecular weight is 156 g/mol. The predicted octanol–water partition coefficient (Wildman–Crippen LogP) is 1.52. The molecule has 11 heavy (non-hydrogen) atoms. The van der Waals surface area contributed by atoms with E-state index in [4.69, 9.17) is 0 Å². The normalized spacial score (nSPS) is 37.3. The Morgan fingerprint density at radius 2 is 1.91 bits per heavy atom.